The molecule has 0 radical (unpaired) electrons. The molecular weight excluding hydrogens is 364 g/mol. The van der Waals surface area contributed by atoms with Crippen molar-refractivity contribution in [3.8, 4) is 0 Å². The first-order chi connectivity index (χ1) is 14.2. The molecule has 0 aromatic carbocycles. The summed E-state index contributed by atoms with van der Waals surface area (Å²) in [6, 6.07) is 0. The Balaban J connectivity index is 1.47. The summed E-state index contributed by atoms with van der Waals surface area (Å²) in [6.07, 6.45) is 16.6. The van der Waals surface area contributed by atoms with Crippen LogP contribution in [0.4, 0.5) is 0 Å². The molecular formula is C29H48O. The molecule has 0 aromatic heterocycles. The van der Waals surface area contributed by atoms with Crippen LogP contribution in [0.15, 0.2) is 23.8 Å². The molecule has 1 nitrogen and oxygen atoms in total. The highest BCUT2D eigenvalue weighted by Gasteiger charge is 2.59. The Bertz CT molecular complexity index is 676. The third-order valence-corrected chi connectivity index (χ3v) is 11.0. The lowest BCUT2D eigenvalue weighted by Gasteiger charge is -2.58. The van der Waals surface area contributed by atoms with Crippen LogP contribution in [-0.2, 0) is 0 Å². The van der Waals surface area contributed by atoms with Gasteiger partial charge in [0.1, 0.15) is 0 Å². The van der Waals surface area contributed by atoms with Gasteiger partial charge in [-0.3, -0.25) is 0 Å². The van der Waals surface area contributed by atoms with E-state index in [9.17, 15) is 5.11 Å². The lowest BCUT2D eigenvalue weighted by atomic mass is 9.47. The minimum absolute atomic E-state index is 0.0855. The number of aliphatic hydroxyl groups is 1. The lowest BCUT2D eigenvalue weighted by molar-refractivity contribution is -0.0573. The zero-order valence-electron chi connectivity index (χ0n) is 20.6. The summed E-state index contributed by atoms with van der Waals surface area (Å²) >= 11 is 0. The maximum Gasteiger partial charge on any atom is 0.0577 e. The van der Waals surface area contributed by atoms with Crippen LogP contribution in [0.5, 0.6) is 0 Å². The predicted molar refractivity (Wildman–Crippen MR) is 128 cm³/mol. The minimum Gasteiger partial charge on any atom is -0.393 e. The van der Waals surface area contributed by atoms with Gasteiger partial charge >= 0.3 is 0 Å². The first kappa shape index (κ1) is 22.6. The van der Waals surface area contributed by atoms with Crippen molar-refractivity contribution < 1.29 is 5.11 Å². The zero-order valence-corrected chi connectivity index (χ0v) is 20.6. The second-order valence-corrected chi connectivity index (χ2v) is 12.4. The van der Waals surface area contributed by atoms with Gasteiger partial charge in [0, 0.05) is 0 Å². The Morgan fingerprint density at radius 3 is 2.60 bits per heavy atom. The molecule has 3 fully saturated rings. The summed E-state index contributed by atoms with van der Waals surface area (Å²) in [7, 11) is 0. The number of hydrogen-bond acceptors (Lipinski definition) is 1. The summed E-state index contributed by atoms with van der Waals surface area (Å²) in [6.45, 7) is 16.7. The SMILES string of the molecule is C=C(CC)C(C)CCC(C)C1CCC2C3CC=C4CC(O)CCC4(C)C3CCC12C. The van der Waals surface area contributed by atoms with E-state index in [0.717, 1.165) is 48.9 Å². The average Bonchev–Trinajstić information content (AvgIpc) is 3.09. The van der Waals surface area contributed by atoms with Crippen molar-refractivity contribution in [2.24, 2.45) is 46.3 Å². The molecule has 0 spiro atoms. The van der Waals surface area contributed by atoms with E-state index < -0.39 is 0 Å². The number of allylic oxidation sites excluding steroid dienone is 2. The van der Waals surface area contributed by atoms with Crippen LogP contribution >= 0.6 is 0 Å². The Hall–Kier alpha value is -0.560. The van der Waals surface area contributed by atoms with Crippen LogP contribution in [0, 0.1) is 46.3 Å². The van der Waals surface area contributed by atoms with E-state index in [-0.39, 0.29) is 6.10 Å². The molecule has 9 unspecified atom stereocenters. The molecule has 1 heteroatoms. The maximum absolute atomic E-state index is 10.2. The van der Waals surface area contributed by atoms with Gasteiger partial charge in [0.2, 0.25) is 0 Å². The second kappa shape index (κ2) is 8.42. The molecule has 0 bridgehead atoms. The Labute approximate surface area is 186 Å². The molecule has 0 amide bonds. The van der Waals surface area contributed by atoms with Crippen LogP contribution in [0.3, 0.4) is 0 Å². The Morgan fingerprint density at radius 1 is 1.10 bits per heavy atom. The van der Waals surface area contributed by atoms with E-state index in [0.29, 0.717) is 16.7 Å². The van der Waals surface area contributed by atoms with E-state index in [2.05, 4.69) is 47.3 Å². The van der Waals surface area contributed by atoms with Crippen molar-refractivity contribution in [3.05, 3.63) is 23.8 Å². The topological polar surface area (TPSA) is 20.2 Å². The fourth-order valence-electron chi connectivity index (χ4n) is 8.88. The van der Waals surface area contributed by atoms with Gasteiger partial charge in [-0.1, -0.05) is 58.4 Å². The van der Waals surface area contributed by atoms with Crippen molar-refractivity contribution in [3.63, 3.8) is 0 Å². The van der Waals surface area contributed by atoms with E-state index in [1.165, 1.54) is 56.9 Å². The van der Waals surface area contributed by atoms with Crippen LogP contribution < -0.4 is 0 Å². The quantitative estimate of drug-likeness (QED) is 0.439. The van der Waals surface area contributed by atoms with Crippen molar-refractivity contribution >= 4 is 0 Å². The van der Waals surface area contributed by atoms with E-state index >= 15 is 0 Å². The summed E-state index contributed by atoms with van der Waals surface area (Å²) in [4.78, 5) is 0. The van der Waals surface area contributed by atoms with Gasteiger partial charge in [-0.2, -0.15) is 0 Å². The number of hydrogen-bond donors (Lipinski definition) is 1. The maximum atomic E-state index is 10.2. The average molecular weight is 413 g/mol. The smallest absolute Gasteiger partial charge is 0.0577 e. The van der Waals surface area contributed by atoms with E-state index in [4.69, 9.17) is 0 Å². The van der Waals surface area contributed by atoms with Gasteiger partial charge in [0.15, 0.2) is 0 Å². The monoisotopic (exact) mass is 412 g/mol. The summed E-state index contributed by atoms with van der Waals surface area (Å²) in [5.74, 6) is 5.12. The molecule has 170 valence electrons. The Kier molecular flexibility index (Phi) is 6.35. The molecule has 0 heterocycles. The fraction of sp³-hybridized carbons (Fsp3) is 0.862. The normalized spacial score (nSPS) is 45.0. The van der Waals surface area contributed by atoms with Crippen LogP contribution in [0.25, 0.3) is 0 Å². The van der Waals surface area contributed by atoms with Gasteiger partial charge in [-0.15, -0.1) is 0 Å². The molecule has 4 rings (SSSR count). The van der Waals surface area contributed by atoms with Crippen LogP contribution in [-0.4, -0.2) is 11.2 Å². The highest BCUT2D eigenvalue weighted by Crippen LogP contribution is 2.67. The fourth-order valence-corrected chi connectivity index (χ4v) is 8.88. The number of aliphatic hydroxyl groups excluding tert-OH is 1. The largest absolute Gasteiger partial charge is 0.393 e. The van der Waals surface area contributed by atoms with Crippen molar-refractivity contribution in [2.45, 2.75) is 111 Å². The van der Waals surface area contributed by atoms with Gasteiger partial charge in [0.25, 0.3) is 0 Å². The molecule has 0 aromatic rings. The molecule has 0 aliphatic heterocycles. The highest BCUT2D eigenvalue weighted by molar-refractivity contribution is 5.25. The minimum atomic E-state index is -0.0855. The van der Waals surface area contributed by atoms with Crippen molar-refractivity contribution in [1.29, 1.82) is 0 Å². The summed E-state index contributed by atoms with van der Waals surface area (Å²) in [5, 5.41) is 10.2. The molecule has 3 saturated carbocycles. The van der Waals surface area contributed by atoms with E-state index in [1.54, 1.807) is 5.57 Å². The van der Waals surface area contributed by atoms with Crippen LogP contribution in [0.2, 0.25) is 0 Å². The number of fused-ring (bicyclic) bond motifs is 5. The van der Waals surface area contributed by atoms with Crippen LogP contribution in [0.1, 0.15) is 105 Å². The zero-order chi connectivity index (χ0) is 21.7. The standard InChI is InChI=1S/C29H48O/c1-7-19(2)20(3)8-9-21(4)25-12-13-26-24-11-10-22-18-23(30)14-16-28(22,5)27(24)15-17-29(25,26)6/h10,20-21,23-27,30H,2,7-9,11-18H2,1,3-6H3. The third kappa shape index (κ3) is 3.66. The first-order valence-electron chi connectivity index (χ1n) is 13.3. The molecule has 9 atom stereocenters. The molecule has 4 aliphatic carbocycles. The van der Waals surface area contributed by atoms with Crippen molar-refractivity contribution in [2.75, 3.05) is 0 Å². The lowest BCUT2D eigenvalue weighted by Crippen LogP contribution is -2.50. The van der Waals surface area contributed by atoms with Gasteiger partial charge in [-0.25, -0.2) is 0 Å². The molecule has 1 N–H and O–H groups in total. The predicted octanol–water partition coefficient (Wildman–Crippen LogP) is 7.94. The van der Waals surface area contributed by atoms with Gasteiger partial charge in [0.05, 0.1) is 6.10 Å². The first-order valence-corrected chi connectivity index (χ1v) is 13.3. The molecule has 0 saturated heterocycles. The Morgan fingerprint density at radius 2 is 1.87 bits per heavy atom. The van der Waals surface area contributed by atoms with Crippen molar-refractivity contribution in [1.82, 2.24) is 0 Å². The summed E-state index contributed by atoms with van der Waals surface area (Å²) < 4.78 is 0. The van der Waals surface area contributed by atoms with Gasteiger partial charge < -0.3 is 5.11 Å². The molecule has 30 heavy (non-hydrogen) atoms. The number of rotatable bonds is 6. The van der Waals surface area contributed by atoms with E-state index in [1.807, 2.05) is 0 Å². The third-order valence-electron chi connectivity index (χ3n) is 11.0. The summed E-state index contributed by atoms with van der Waals surface area (Å²) in [5.41, 5.74) is 3.98. The van der Waals surface area contributed by atoms with Gasteiger partial charge in [-0.05, 0) is 117 Å². The highest BCUT2D eigenvalue weighted by atomic mass is 16.3. The second-order valence-electron chi connectivity index (χ2n) is 12.4. The molecule has 4 aliphatic rings.